The van der Waals surface area contributed by atoms with Crippen LogP contribution in [0.5, 0.6) is 0 Å². The largest absolute Gasteiger partial charge is 0.451 e. The van der Waals surface area contributed by atoms with Gasteiger partial charge in [0.25, 0.3) is 5.82 Å². The topological polar surface area (TPSA) is 34.8 Å². The number of fused-ring (bicyclic) bond motifs is 4. The van der Waals surface area contributed by atoms with Crippen LogP contribution in [-0.4, -0.2) is 9.55 Å². The van der Waals surface area contributed by atoms with E-state index in [0.717, 1.165) is 50.0 Å². The molecule has 152 valence electrons. The van der Waals surface area contributed by atoms with Gasteiger partial charge in [0.1, 0.15) is 5.58 Å². The van der Waals surface area contributed by atoms with E-state index in [1.165, 1.54) is 4.57 Å². The number of hydrogen-bond acceptors (Lipinski definition) is 2. The summed E-state index contributed by atoms with van der Waals surface area (Å²) in [5.74, 6) is 0.626. The van der Waals surface area contributed by atoms with Crippen LogP contribution in [0.15, 0.2) is 47.0 Å². The smallest absolute Gasteiger partial charge is 0.259 e. The summed E-state index contributed by atoms with van der Waals surface area (Å²) in [6, 6.07) is 12.2. The number of aryl methyl sites for hydroxylation is 3. The number of imidazole rings is 1. The molecule has 4 heteroatoms. The Morgan fingerprint density at radius 1 is 1.03 bits per heavy atom. The minimum absolute atomic E-state index is 0.101. The van der Waals surface area contributed by atoms with Gasteiger partial charge in [-0.2, -0.15) is 4.57 Å². The maximum atomic E-state index is 8.28. The Hall–Kier alpha value is -3.14. The Morgan fingerprint density at radius 3 is 2.57 bits per heavy atom. The first-order valence-corrected chi connectivity index (χ1v) is 10.2. The summed E-state index contributed by atoms with van der Waals surface area (Å²) in [6.45, 7) is 9.90. The van der Waals surface area contributed by atoms with E-state index in [1.807, 2.05) is 55.8 Å². The third-order valence-corrected chi connectivity index (χ3v) is 6.03. The lowest BCUT2D eigenvalue weighted by atomic mass is 9.87. The van der Waals surface area contributed by atoms with Crippen LogP contribution < -0.4 is 4.57 Å². The van der Waals surface area contributed by atoms with Crippen molar-refractivity contribution in [3.63, 3.8) is 0 Å². The van der Waals surface area contributed by atoms with Crippen LogP contribution in [0.25, 0.3) is 38.7 Å². The first-order valence-electron chi connectivity index (χ1n) is 11.7. The molecule has 3 aromatic heterocycles. The lowest BCUT2D eigenvalue weighted by Gasteiger charge is -2.18. The van der Waals surface area contributed by atoms with Gasteiger partial charge in [0.05, 0.1) is 11.1 Å². The standard InChI is InChI=1S/C26H28N3O/c1-15-8-10-19-20-14-27-16(2)12-23(20)30-25(19)24(15)29-17(3)28(7)22-13-18(26(4,5)6)9-11-21(22)29/h8-14H,1-7H3/q+1/i7D3. The summed E-state index contributed by atoms with van der Waals surface area (Å²) in [6.07, 6.45) is 1.84. The van der Waals surface area contributed by atoms with Crippen molar-refractivity contribution in [2.75, 3.05) is 0 Å². The first-order chi connectivity index (χ1) is 15.4. The van der Waals surface area contributed by atoms with Crippen molar-refractivity contribution in [3.8, 4) is 5.69 Å². The highest BCUT2D eigenvalue weighted by Crippen LogP contribution is 2.34. The van der Waals surface area contributed by atoms with Gasteiger partial charge >= 0.3 is 0 Å². The maximum Gasteiger partial charge on any atom is 0.259 e. The van der Waals surface area contributed by atoms with Gasteiger partial charge in [-0.3, -0.25) is 4.98 Å². The molecule has 0 unspecified atom stereocenters. The van der Waals surface area contributed by atoms with Gasteiger partial charge in [0.2, 0.25) is 0 Å². The predicted molar refractivity (Wildman–Crippen MR) is 122 cm³/mol. The Morgan fingerprint density at radius 2 is 1.83 bits per heavy atom. The molecule has 0 radical (unpaired) electrons. The number of furan rings is 1. The van der Waals surface area contributed by atoms with Gasteiger partial charge < -0.3 is 4.42 Å². The normalized spacial score (nSPS) is 14.4. The van der Waals surface area contributed by atoms with E-state index < -0.39 is 6.98 Å². The van der Waals surface area contributed by atoms with E-state index in [1.54, 1.807) is 0 Å². The molecule has 5 rings (SSSR count). The van der Waals surface area contributed by atoms with Crippen molar-refractivity contribution in [2.45, 2.75) is 47.0 Å². The third kappa shape index (κ3) is 2.59. The van der Waals surface area contributed by atoms with Crippen molar-refractivity contribution in [2.24, 2.45) is 6.98 Å². The van der Waals surface area contributed by atoms with Crippen molar-refractivity contribution in [1.82, 2.24) is 9.55 Å². The lowest BCUT2D eigenvalue weighted by molar-refractivity contribution is -0.575. The third-order valence-electron chi connectivity index (χ3n) is 6.03. The zero-order valence-corrected chi connectivity index (χ0v) is 18.3. The summed E-state index contributed by atoms with van der Waals surface area (Å²) >= 11 is 0. The number of benzene rings is 2. The maximum absolute atomic E-state index is 8.28. The minimum atomic E-state index is -2.32. The Labute approximate surface area is 181 Å². The molecular formula is C26H28N3O+. The van der Waals surface area contributed by atoms with E-state index >= 15 is 0 Å². The van der Waals surface area contributed by atoms with Crippen LogP contribution in [0, 0.1) is 20.8 Å². The number of aromatic nitrogens is 3. The zero-order valence-electron chi connectivity index (χ0n) is 21.3. The molecule has 0 aliphatic rings. The van der Waals surface area contributed by atoms with Crippen LogP contribution in [0.2, 0.25) is 0 Å². The van der Waals surface area contributed by atoms with E-state index in [4.69, 9.17) is 8.53 Å². The quantitative estimate of drug-likeness (QED) is 0.324. The van der Waals surface area contributed by atoms with Gasteiger partial charge in [-0.25, -0.2) is 4.57 Å². The monoisotopic (exact) mass is 401 g/mol. The fraction of sp³-hybridized carbons (Fsp3) is 0.308. The summed E-state index contributed by atoms with van der Waals surface area (Å²) in [7, 11) is 0. The molecule has 0 aliphatic heterocycles. The number of nitrogens with zero attached hydrogens (tertiary/aromatic N) is 3. The molecule has 0 bridgehead atoms. The average molecular weight is 402 g/mol. The van der Waals surface area contributed by atoms with Gasteiger partial charge in [-0.05, 0) is 43.0 Å². The van der Waals surface area contributed by atoms with Gasteiger partial charge in [0.15, 0.2) is 22.3 Å². The molecule has 3 heterocycles. The molecule has 2 aromatic carbocycles. The van der Waals surface area contributed by atoms with Crippen molar-refractivity contribution < 1.29 is 13.1 Å². The van der Waals surface area contributed by atoms with Crippen LogP contribution in [-0.2, 0) is 12.4 Å². The van der Waals surface area contributed by atoms with Crippen LogP contribution >= 0.6 is 0 Å². The molecule has 30 heavy (non-hydrogen) atoms. The fourth-order valence-electron chi connectivity index (χ4n) is 4.28. The highest BCUT2D eigenvalue weighted by atomic mass is 16.3. The second-order valence-electron chi connectivity index (χ2n) is 9.20. The highest BCUT2D eigenvalue weighted by molar-refractivity contribution is 6.07. The summed E-state index contributed by atoms with van der Waals surface area (Å²) in [5, 5.41) is 1.91. The van der Waals surface area contributed by atoms with Crippen molar-refractivity contribution in [1.29, 1.82) is 0 Å². The van der Waals surface area contributed by atoms with E-state index in [9.17, 15) is 0 Å². The van der Waals surface area contributed by atoms with Gasteiger partial charge in [-0.15, -0.1) is 0 Å². The highest BCUT2D eigenvalue weighted by Gasteiger charge is 2.27. The Balaban J connectivity index is 1.94. The van der Waals surface area contributed by atoms with Crippen LogP contribution in [0.3, 0.4) is 0 Å². The van der Waals surface area contributed by atoms with Crippen molar-refractivity contribution in [3.05, 3.63) is 65.2 Å². The number of rotatable bonds is 1. The Bertz CT molecular complexity index is 1570. The molecule has 5 aromatic rings. The molecule has 0 saturated carbocycles. The van der Waals surface area contributed by atoms with E-state index in [2.05, 4.69) is 37.9 Å². The molecule has 0 fully saturated rings. The second-order valence-corrected chi connectivity index (χ2v) is 9.20. The molecule has 0 amide bonds. The molecule has 4 nitrogen and oxygen atoms in total. The SMILES string of the molecule is [2H]C([2H])([2H])n1c(C)[n+](-c2c(C)ccc3c2oc2cc(C)ncc23)c2ccc(C(C)(C)C)cc21. The minimum Gasteiger partial charge on any atom is -0.451 e. The van der Waals surface area contributed by atoms with E-state index in [-0.39, 0.29) is 5.41 Å². The summed E-state index contributed by atoms with van der Waals surface area (Å²) in [5.41, 5.74) is 6.76. The number of pyridine rings is 1. The zero-order chi connectivity index (χ0) is 23.9. The van der Waals surface area contributed by atoms with Crippen LogP contribution in [0.4, 0.5) is 0 Å². The average Bonchev–Trinajstić information content (AvgIpc) is 3.20. The molecule has 0 aliphatic carbocycles. The second kappa shape index (κ2) is 6.18. The van der Waals surface area contributed by atoms with Crippen LogP contribution in [0.1, 0.15) is 47.5 Å². The Kier molecular flexibility index (Phi) is 3.23. The van der Waals surface area contributed by atoms with Gasteiger partial charge in [-0.1, -0.05) is 32.9 Å². The molecule has 0 spiro atoms. The number of hydrogen-bond donors (Lipinski definition) is 0. The molecular weight excluding hydrogens is 370 g/mol. The lowest BCUT2D eigenvalue weighted by Crippen LogP contribution is -2.34. The molecule has 0 atom stereocenters. The first kappa shape index (κ1) is 15.7. The molecule has 0 N–H and O–H groups in total. The fourth-order valence-corrected chi connectivity index (χ4v) is 4.28. The predicted octanol–water partition coefficient (Wildman–Crippen LogP) is 5.97. The van der Waals surface area contributed by atoms with Gasteiger partial charge in [0, 0.05) is 41.2 Å². The van der Waals surface area contributed by atoms with Crippen molar-refractivity contribution >= 4 is 33.0 Å². The summed E-state index contributed by atoms with van der Waals surface area (Å²) in [4.78, 5) is 4.45. The summed E-state index contributed by atoms with van der Waals surface area (Å²) < 4.78 is 34.7. The van der Waals surface area contributed by atoms with E-state index in [0.29, 0.717) is 11.3 Å². The molecule has 0 saturated heterocycles.